The summed E-state index contributed by atoms with van der Waals surface area (Å²) in [6.45, 7) is 5.40. The Kier molecular flexibility index (Phi) is 8.19. The van der Waals surface area contributed by atoms with Gasteiger partial charge in [0, 0.05) is 36.7 Å². The molecule has 2 N–H and O–H groups in total. The van der Waals surface area contributed by atoms with Crippen LogP contribution in [0, 0.1) is 11.3 Å². The molecule has 2 fully saturated rings. The minimum atomic E-state index is -3.94. The zero-order valence-electron chi connectivity index (χ0n) is 27.5. The number of nitrogens with one attached hydrogen (secondary N) is 2. The number of hydrogen-bond donors (Lipinski definition) is 2. The molecule has 0 bridgehead atoms. The van der Waals surface area contributed by atoms with Gasteiger partial charge in [-0.2, -0.15) is 0 Å². The van der Waals surface area contributed by atoms with E-state index < -0.39 is 39.1 Å². The van der Waals surface area contributed by atoms with Crippen LogP contribution in [0.4, 0.5) is 0 Å². The van der Waals surface area contributed by atoms with Crippen molar-refractivity contribution in [3.05, 3.63) is 58.3 Å². The molecule has 2 unspecified atom stereocenters. The lowest BCUT2D eigenvalue weighted by molar-refractivity contribution is -0.143. The van der Waals surface area contributed by atoms with Gasteiger partial charge >= 0.3 is 11.8 Å². The lowest BCUT2D eigenvalue weighted by atomic mass is 9.83. The Morgan fingerprint density at radius 3 is 2.41 bits per heavy atom. The molecule has 0 radical (unpaired) electrons. The molecule has 1 aromatic heterocycles. The predicted molar refractivity (Wildman–Crippen MR) is 177 cm³/mol. The van der Waals surface area contributed by atoms with E-state index in [0.29, 0.717) is 28.6 Å². The van der Waals surface area contributed by atoms with E-state index in [0.717, 1.165) is 66.3 Å². The highest BCUT2D eigenvalue weighted by Crippen LogP contribution is 2.58. The van der Waals surface area contributed by atoms with Crippen LogP contribution in [0.25, 0.3) is 16.7 Å². The second kappa shape index (κ2) is 11.7. The zero-order chi connectivity index (χ0) is 33.1. The number of benzene rings is 1. The molecule has 2 aromatic rings. The molecule has 4 aliphatic rings. The molecular weight excluding hydrogens is 604 g/mol. The van der Waals surface area contributed by atoms with Crippen LogP contribution in [0.5, 0.6) is 5.75 Å². The molecule has 2 heterocycles. The van der Waals surface area contributed by atoms with E-state index in [1.807, 2.05) is 16.7 Å². The van der Waals surface area contributed by atoms with Crippen LogP contribution in [0.15, 0.2) is 47.1 Å². The lowest BCUT2D eigenvalue weighted by Gasteiger charge is -2.27. The smallest absolute Gasteiger partial charge is 0.315 e. The van der Waals surface area contributed by atoms with E-state index in [1.165, 1.54) is 25.4 Å². The first kappa shape index (κ1) is 32.1. The van der Waals surface area contributed by atoms with Gasteiger partial charge in [0.15, 0.2) is 0 Å². The molecule has 0 spiro atoms. The topological polar surface area (TPSA) is 127 Å². The number of aromatic nitrogens is 1. The third-order valence-electron chi connectivity index (χ3n) is 9.45. The predicted octanol–water partition coefficient (Wildman–Crippen LogP) is 4.94. The largest absolute Gasteiger partial charge is 0.496 e. The van der Waals surface area contributed by atoms with Crippen molar-refractivity contribution in [1.82, 2.24) is 19.5 Å². The number of sulfonamides is 1. The van der Waals surface area contributed by atoms with E-state index in [4.69, 9.17) is 4.74 Å². The van der Waals surface area contributed by atoms with Gasteiger partial charge in [-0.25, -0.2) is 8.42 Å². The van der Waals surface area contributed by atoms with Gasteiger partial charge in [0.2, 0.25) is 15.9 Å². The van der Waals surface area contributed by atoms with E-state index in [9.17, 15) is 22.8 Å². The van der Waals surface area contributed by atoms with Gasteiger partial charge < -0.3 is 15.0 Å². The van der Waals surface area contributed by atoms with Crippen molar-refractivity contribution in [3.8, 4) is 5.75 Å². The van der Waals surface area contributed by atoms with Crippen LogP contribution in [0.1, 0.15) is 88.8 Å². The Labute approximate surface area is 271 Å². The maximum Gasteiger partial charge on any atom is 0.315 e. The first-order valence-electron chi connectivity index (χ1n) is 16.2. The molecule has 246 valence electrons. The SMILES string of the molecule is COc1ccc(C2CCCCC2)c2c1cc1n2C(NC(=O)C(=O)N(C)C)=C2C(=C3C=CCCC31)C2C(=O)NS(=O)(=O)CC(C)(C)C. The fourth-order valence-electron chi connectivity index (χ4n) is 7.58. The number of hydrogen-bond acceptors (Lipinski definition) is 6. The minimum absolute atomic E-state index is 0.116. The Morgan fingerprint density at radius 2 is 1.76 bits per heavy atom. The summed E-state index contributed by atoms with van der Waals surface area (Å²) < 4.78 is 36.4. The lowest BCUT2D eigenvalue weighted by Crippen LogP contribution is -2.40. The van der Waals surface area contributed by atoms with Crippen LogP contribution in [-0.2, 0) is 24.4 Å². The second-order valence-electron chi connectivity index (χ2n) is 14.4. The number of amides is 3. The van der Waals surface area contributed by atoms with Crippen LogP contribution < -0.4 is 14.8 Å². The molecule has 1 aliphatic heterocycles. The van der Waals surface area contributed by atoms with Crippen LogP contribution in [0.3, 0.4) is 0 Å². The maximum atomic E-state index is 13.9. The van der Waals surface area contributed by atoms with Gasteiger partial charge in [-0.05, 0) is 65.9 Å². The summed E-state index contributed by atoms with van der Waals surface area (Å²) >= 11 is 0. The van der Waals surface area contributed by atoms with Crippen molar-refractivity contribution in [1.29, 1.82) is 0 Å². The van der Waals surface area contributed by atoms with E-state index in [2.05, 4.69) is 28.2 Å². The number of methoxy groups -OCH3 is 1. The molecule has 10 nitrogen and oxygen atoms in total. The molecule has 46 heavy (non-hydrogen) atoms. The van der Waals surface area contributed by atoms with E-state index >= 15 is 0 Å². The van der Waals surface area contributed by atoms with Gasteiger partial charge in [0.05, 0.1) is 24.3 Å². The number of nitrogens with zero attached hydrogens (tertiary/aromatic N) is 2. The third kappa shape index (κ3) is 5.78. The summed E-state index contributed by atoms with van der Waals surface area (Å²) in [4.78, 5) is 41.5. The Hall–Kier alpha value is -3.86. The normalized spacial score (nSPS) is 21.3. The van der Waals surface area contributed by atoms with Crippen LogP contribution in [-0.4, -0.2) is 62.6 Å². The molecule has 2 saturated carbocycles. The molecule has 2 atom stereocenters. The van der Waals surface area contributed by atoms with Gasteiger partial charge in [0.1, 0.15) is 11.6 Å². The summed E-state index contributed by atoms with van der Waals surface area (Å²) in [5.74, 6) is -2.13. The van der Waals surface area contributed by atoms with Crippen molar-refractivity contribution in [2.45, 2.75) is 77.6 Å². The summed E-state index contributed by atoms with van der Waals surface area (Å²) in [5, 5.41) is 3.81. The monoisotopic (exact) mass is 648 g/mol. The summed E-state index contributed by atoms with van der Waals surface area (Å²) in [7, 11) is 0.720. The second-order valence-corrected chi connectivity index (χ2v) is 16.1. The maximum absolute atomic E-state index is 13.9. The molecule has 11 heteroatoms. The third-order valence-corrected chi connectivity index (χ3v) is 11.2. The van der Waals surface area contributed by atoms with Gasteiger partial charge in [-0.15, -0.1) is 0 Å². The summed E-state index contributed by atoms with van der Waals surface area (Å²) in [6, 6.07) is 6.24. The Bertz CT molecular complexity index is 1830. The van der Waals surface area contributed by atoms with Crippen molar-refractivity contribution in [2.75, 3.05) is 27.0 Å². The first-order chi connectivity index (χ1) is 21.7. The average molecular weight is 649 g/mol. The molecular formula is C35H44N4O6S. The average Bonchev–Trinajstić information content (AvgIpc) is 3.64. The standard InChI is InChI=1S/C35H44N4O6S/c1-35(2,3)19-46(43,44)37-32(40)29-27-23-15-11-10-14-22(23)25-18-24-26(45-6)17-16-21(20-12-8-7-9-13-20)30(24)39(25)31(28(27)29)36-33(41)34(42)38(4)5/h11,15-18,20,22,29H,7-10,12-14,19H2,1-6H3,(H,36,41)(H,37,40). The first-order valence-corrected chi connectivity index (χ1v) is 17.8. The van der Waals surface area contributed by atoms with E-state index in [1.54, 1.807) is 27.9 Å². The van der Waals surface area contributed by atoms with Gasteiger partial charge in [-0.1, -0.05) is 58.3 Å². The zero-order valence-corrected chi connectivity index (χ0v) is 28.3. The summed E-state index contributed by atoms with van der Waals surface area (Å²) in [5.41, 5.74) is 4.58. The quantitative estimate of drug-likeness (QED) is 0.428. The van der Waals surface area contributed by atoms with Gasteiger partial charge in [-0.3, -0.25) is 23.7 Å². The van der Waals surface area contributed by atoms with Crippen molar-refractivity contribution < 1.29 is 27.5 Å². The Morgan fingerprint density at radius 1 is 1.04 bits per heavy atom. The number of likely N-dealkylation sites (N-methyl/N-ethyl adjacent to an activating group) is 1. The number of ether oxygens (including phenoxy) is 1. The molecule has 1 aromatic carbocycles. The fraction of sp³-hybridized carbons (Fsp3) is 0.514. The highest BCUT2D eigenvalue weighted by Gasteiger charge is 2.53. The molecule has 3 amide bonds. The molecule has 0 saturated heterocycles. The number of fused-ring (bicyclic) bond motifs is 6. The van der Waals surface area contributed by atoms with Crippen molar-refractivity contribution in [3.63, 3.8) is 0 Å². The van der Waals surface area contributed by atoms with Crippen molar-refractivity contribution >= 4 is 44.5 Å². The van der Waals surface area contributed by atoms with E-state index in [-0.39, 0.29) is 11.7 Å². The van der Waals surface area contributed by atoms with Gasteiger partial charge in [0.25, 0.3) is 0 Å². The molecule has 3 aliphatic carbocycles. The number of allylic oxidation sites excluding steroid dienone is 3. The number of carbonyl (C=O) groups excluding carboxylic acids is 3. The highest BCUT2D eigenvalue weighted by atomic mass is 32.2. The Balaban J connectivity index is 1.60. The molecule has 6 rings (SSSR count). The number of carbonyl (C=O) groups is 3. The van der Waals surface area contributed by atoms with Crippen LogP contribution >= 0.6 is 0 Å². The minimum Gasteiger partial charge on any atom is -0.496 e. The highest BCUT2D eigenvalue weighted by molar-refractivity contribution is 7.90. The fourth-order valence-corrected chi connectivity index (χ4v) is 9.22. The van der Waals surface area contributed by atoms with Crippen molar-refractivity contribution in [2.24, 2.45) is 11.3 Å². The van der Waals surface area contributed by atoms with Crippen LogP contribution in [0.2, 0.25) is 0 Å². The summed E-state index contributed by atoms with van der Waals surface area (Å²) in [6.07, 6.45) is 11.2. The number of rotatable bonds is 6.